The minimum atomic E-state index is -0.322. The first-order chi connectivity index (χ1) is 12.9. The van der Waals surface area contributed by atoms with E-state index in [0.717, 1.165) is 0 Å². The number of rotatable bonds is 7. The van der Waals surface area contributed by atoms with Crippen molar-refractivity contribution in [1.29, 1.82) is 0 Å². The molecule has 2 aromatic rings. The summed E-state index contributed by atoms with van der Waals surface area (Å²) in [7, 11) is 1.55. The third-order valence-corrected chi connectivity index (χ3v) is 3.90. The van der Waals surface area contributed by atoms with E-state index in [9.17, 15) is 9.59 Å². The third-order valence-electron chi connectivity index (χ3n) is 3.67. The molecule has 0 aliphatic rings. The zero-order chi connectivity index (χ0) is 19.8. The number of anilines is 1. The Labute approximate surface area is 164 Å². The van der Waals surface area contributed by atoms with Gasteiger partial charge in [-0.05, 0) is 48.4 Å². The van der Waals surface area contributed by atoms with Gasteiger partial charge in [-0.15, -0.1) is 0 Å². The van der Waals surface area contributed by atoms with E-state index in [1.165, 1.54) is 6.08 Å². The van der Waals surface area contributed by atoms with E-state index in [2.05, 4.69) is 10.6 Å². The molecule has 0 aliphatic carbocycles. The molecule has 0 unspecified atom stereocenters. The van der Waals surface area contributed by atoms with Gasteiger partial charge in [0.25, 0.3) is 5.91 Å². The number of methoxy groups -OCH3 is 1. The second-order valence-electron chi connectivity index (χ2n) is 6.39. The van der Waals surface area contributed by atoms with Gasteiger partial charge in [-0.3, -0.25) is 9.59 Å². The summed E-state index contributed by atoms with van der Waals surface area (Å²) in [6.45, 7) is 4.65. The van der Waals surface area contributed by atoms with Crippen molar-refractivity contribution in [1.82, 2.24) is 5.32 Å². The molecule has 142 valence electrons. The summed E-state index contributed by atoms with van der Waals surface area (Å²) in [5.41, 5.74) is 1.73. The second-order valence-corrected chi connectivity index (χ2v) is 6.83. The lowest BCUT2D eigenvalue weighted by Crippen LogP contribution is -2.27. The fourth-order valence-corrected chi connectivity index (χ4v) is 2.50. The van der Waals surface area contributed by atoms with Gasteiger partial charge in [-0.2, -0.15) is 0 Å². The zero-order valence-electron chi connectivity index (χ0n) is 15.6. The fourth-order valence-electron chi connectivity index (χ4n) is 2.32. The molecule has 6 heteroatoms. The maximum atomic E-state index is 12.2. The largest absolute Gasteiger partial charge is 0.496 e. The van der Waals surface area contributed by atoms with Crippen molar-refractivity contribution in [2.24, 2.45) is 5.92 Å². The first kappa shape index (κ1) is 20.5. The number of halogens is 1. The van der Waals surface area contributed by atoms with Crippen LogP contribution in [0.3, 0.4) is 0 Å². The Morgan fingerprint density at radius 3 is 2.67 bits per heavy atom. The molecule has 0 bridgehead atoms. The molecule has 0 atom stereocenters. The van der Waals surface area contributed by atoms with Crippen LogP contribution in [-0.4, -0.2) is 25.5 Å². The normalized spacial score (nSPS) is 10.9. The third kappa shape index (κ3) is 6.46. The molecule has 0 aliphatic heterocycles. The Morgan fingerprint density at radius 2 is 1.96 bits per heavy atom. The molecule has 0 saturated carbocycles. The van der Waals surface area contributed by atoms with Crippen molar-refractivity contribution in [2.45, 2.75) is 13.8 Å². The topological polar surface area (TPSA) is 67.4 Å². The van der Waals surface area contributed by atoms with Crippen LogP contribution in [0.5, 0.6) is 5.75 Å². The number of amides is 2. The van der Waals surface area contributed by atoms with Crippen molar-refractivity contribution in [3.05, 3.63) is 64.7 Å². The van der Waals surface area contributed by atoms with Gasteiger partial charge in [-0.25, -0.2) is 0 Å². The highest BCUT2D eigenvalue weighted by atomic mass is 35.5. The SMILES string of the molecule is COc1ccc(Cl)cc1/C=C/C(=O)Nc1cccc(C(=O)NCC(C)C)c1. The average molecular weight is 387 g/mol. The summed E-state index contributed by atoms with van der Waals surface area (Å²) >= 11 is 5.98. The van der Waals surface area contributed by atoms with Crippen molar-refractivity contribution in [2.75, 3.05) is 19.0 Å². The molecular weight excluding hydrogens is 364 g/mol. The monoisotopic (exact) mass is 386 g/mol. The molecular formula is C21H23ClN2O3. The summed E-state index contributed by atoms with van der Waals surface area (Å²) in [6.07, 6.45) is 3.01. The molecule has 0 fully saturated rings. The van der Waals surface area contributed by atoms with Crippen LogP contribution in [0.1, 0.15) is 29.8 Å². The minimum absolute atomic E-state index is 0.168. The van der Waals surface area contributed by atoms with E-state index in [-0.39, 0.29) is 11.8 Å². The van der Waals surface area contributed by atoms with E-state index in [1.54, 1.807) is 55.7 Å². The Kier molecular flexibility index (Phi) is 7.44. The van der Waals surface area contributed by atoms with E-state index in [1.807, 2.05) is 13.8 Å². The summed E-state index contributed by atoms with van der Waals surface area (Å²) in [4.78, 5) is 24.3. The van der Waals surface area contributed by atoms with Crippen LogP contribution in [0, 0.1) is 5.92 Å². The summed E-state index contributed by atoms with van der Waals surface area (Å²) < 4.78 is 5.25. The van der Waals surface area contributed by atoms with Crippen LogP contribution in [0.2, 0.25) is 5.02 Å². The lowest BCUT2D eigenvalue weighted by Gasteiger charge is -2.09. The van der Waals surface area contributed by atoms with Crippen LogP contribution >= 0.6 is 11.6 Å². The van der Waals surface area contributed by atoms with Crippen molar-refractivity contribution < 1.29 is 14.3 Å². The van der Waals surface area contributed by atoms with Crippen LogP contribution in [0.15, 0.2) is 48.5 Å². The van der Waals surface area contributed by atoms with Crippen LogP contribution in [-0.2, 0) is 4.79 Å². The van der Waals surface area contributed by atoms with Gasteiger partial charge < -0.3 is 15.4 Å². The molecule has 0 radical (unpaired) electrons. The molecule has 5 nitrogen and oxygen atoms in total. The van der Waals surface area contributed by atoms with Gasteiger partial charge in [0.15, 0.2) is 0 Å². The van der Waals surface area contributed by atoms with Gasteiger partial charge in [0, 0.05) is 34.5 Å². The van der Waals surface area contributed by atoms with Gasteiger partial charge in [-0.1, -0.05) is 31.5 Å². The van der Waals surface area contributed by atoms with Gasteiger partial charge in [0.1, 0.15) is 5.75 Å². The quantitative estimate of drug-likeness (QED) is 0.693. The molecule has 2 amide bonds. The smallest absolute Gasteiger partial charge is 0.251 e. The summed E-state index contributed by atoms with van der Waals surface area (Å²) in [6, 6.07) is 12.0. The Bertz CT molecular complexity index is 847. The molecule has 0 aromatic heterocycles. The van der Waals surface area contributed by atoms with Gasteiger partial charge in [0.05, 0.1) is 7.11 Å². The van der Waals surface area contributed by atoms with E-state index >= 15 is 0 Å². The number of carbonyl (C=O) groups excluding carboxylic acids is 2. The second kappa shape index (κ2) is 9.78. The lowest BCUT2D eigenvalue weighted by atomic mass is 10.1. The molecule has 0 heterocycles. The van der Waals surface area contributed by atoms with Crippen molar-refractivity contribution >= 4 is 35.2 Å². The van der Waals surface area contributed by atoms with E-state index in [0.29, 0.717) is 40.0 Å². The predicted molar refractivity (Wildman–Crippen MR) is 109 cm³/mol. The van der Waals surface area contributed by atoms with Gasteiger partial charge in [0.2, 0.25) is 5.91 Å². The van der Waals surface area contributed by atoms with E-state index in [4.69, 9.17) is 16.3 Å². The average Bonchev–Trinajstić information content (AvgIpc) is 2.64. The number of hydrogen-bond donors (Lipinski definition) is 2. The van der Waals surface area contributed by atoms with Crippen molar-refractivity contribution in [3.63, 3.8) is 0 Å². The van der Waals surface area contributed by atoms with E-state index < -0.39 is 0 Å². The summed E-state index contributed by atoms with van der Waals surface area (Å²) in [5.74, 6) is 0.494. The number of benzene rings is 2. The highest BCUT2D eigenvalue weighted by Gasteiger charge is 2.08. The molecule has 2 rings (SSSR count). The van der Waals surface area contributed by atoms with Crippen LogP contribution < -0.4 is 15.4 Å². The predicted octanol–water partition coefficient (Wildman–Crippen LogP) is 4.39. The number of carbonyl (C=O) groups is 2. The van der Waals surface area contributed by atoms with Crippen LogP contribution in [0.25, 0.3) is 6.08 Å². The van der Waals surface area contributed by atoms with Crippen molar-refractivity contribution in [3.8, 4) is 5.75 Å². The highest BCUT2D eigenvalue weighted by Crippen LogP contribution is 2.23. The number of hydrogen-bond acceptors (Lipinski definition) is 3. The summed E-state index contributed by atoms with van der Waals surface area (Å²) in [5, 5.41) is 6.15. The fraction of sp³-hybridized carbons (Fsp3) is 0.238. The molecule has 0 saturated heterocycles. The molecule has 2 N–H and O–H groups in total. The minimum Gasteiger partial charge on any atom is -0.496 e. The zero-order valence-corrected chi connectivity index (χ0v) is 16.3. The highest BCUT2D eigenvalue weighted by molar-refractivity contribution is 6.30. The lowest BCUT2D eigenvalue weighted by molar-refractivity contribution is -0.111. The Hall–Kier alpha value is -2.79. The maximum absolute atomic E-state index is 12.2. The first-order valence-corrected chi connectivity index (χ1v) is 8.97. The molecule has 2 aromatic carbocycles. The Balaban J connectivity index is 2.05. The van der Waals surface area contributed by atoms with Crippen LogP contribution in [0.4, 0.5) is 5.69 Å². The van der Waals surface area contributed by atoms with Gasteiger partial charge >= 0.3 is 0 Å². The first-order valence-electron chi connectivity index (χ1n) is 8.60. The maximum Gasteiger partial charge on any atom is 0.251 e. The standard InChI is InChI=1S/C21H23ClN2O3/c1-14(2)13-23-21(26)16-5-4-6-18(12-16)24-20(25)10-7-15-11-17(22)8-9-19(15)27-3/h4-12,14H,13H2,1-3H3,(H,23,26)(H,24,25)/b10-7+. The molecule has 27 heavy (non-hydrogen) atoms. The number of ether oxygens (including phenoxy) is 1. The molecule has 0 spiro atoms. The Morgan fingerprint density at radius 1 is 1.19 bits per heavy atom. The number of nitrogens with one attached hydrogen (secondary N) is 2.